The Labute approximate surface area is 159 Å². The Morgan fingerprint density at radius 2 is 1.85 bits per heavy atom. The van der Waals surface area contributed by atoms with Crippen LogP contribution in [0.2, 0.25) is 0 Å². The van der Waals surface area contributed by atoms with Crippen LogP contribution in [0.3, 0.4) is 0 Å². The van der Waals surface area contributed by atoms with Crippen LogP contribution in [0.5, 0.6) is 0 Å². The van der Waals surface area contributed by atoms with Gasteiger partial charge in [-0.25, -0.2) is 23.1 Å². The first-order valence-corrected chi connectivity index (χ1v) is 10.2. The number of nitrogens with one attached hydrogen (secondary N) is 1. The summed E-state index contributed by atoms with van der Waals surface area (Å²) in [5, 5.41) is 6.26. The second kappa shape index (κ2) is 8.03. The van der Waals surface area contributed by atoms with Crippen molar-refractivity contribution in [3.63, 3.8) is 0 Å². The molecule has 2 aromatic heterocycles. The maximum Gasteiger partial charge on any atom is 0.355 e. The number of ether oxygens (including phenoxy) is 2. The smallest absolute Gasteiger partial charge is 0.355 e. The van der Waals surface area contributed by atoms with Gasteiger partial charge >= 0.3 is 11.9 Å². The van der Waals surface area contributed by atoms with E-state index in [4.69, 9.17) is 14.6 Å². The molecule has 0 bridgehead atoms. The monoisotopic (exact) mass is 414 g/mol. The average Bonchev–Trinajstić information content (AvgIpc) is 3.17. The molecule has 0 aliphatic rings. The fourth-order valence-electron chi connectivity index (χ4n) is 2.44. The predicted octanol–water partition coefficient (Wildman–Crippen LogP) is 1.56. The van der Waals surface area contributed by atoms with E-state index in [0.717, 1.165) is 17.4 Å². The van der Waals surface area contributed by atoms with Gasteiger partial charge in [0.25, 0.3) is 0 Å². The summed E-state index contributed by atoms with van der Waals surface area (Å²) in [4.78, 5) is 39.1. The van der Waals surface area contributed by atoms with Crippen LogP contribution in [-0.2, 0) is 19.5 Å². The summed E-state index contributed by atoms with van der Waals surface area (Å²) in [6.45, 7) is 4.49. The number of rotatable bonds is 7. The number of sulfonamides is 1. The molecule has 0 radical (unpaired) electrons. The molecule has 2 heterocycles. The largest absolute Gasteiger partial charge is 0.461 e. The van der Waals surface area contributed by atoms with Gasteiger partial charge < -0.3 is 14.5 Å². The van der Waals surface area contributed by atoms with Gasteiger partial charge in [0.05, 0.1) is 12.2 Å². The van der Waals surface area contributed by atoms with Crippen molar-refractivity contribution in [3.05, 3.63) is 39.5 Å². The van der Waals surface area contributed by atoms with Crippen molar-refractivity contribution in [1.82, 2.24) is 4.98 Å². The van der Waals surface area contributed by atoms with E-state index in [-0.39, 0.29) is 27.6 Å². The van der Waals surface area contributed by atoms with Gasteiger partial charge in [-0.2, -0.15) is 0 Å². The summed E-state index contributed by atoms with van der Waals surface area (Å²) in [5.74, 6) is -1.94. The molecule has 0 spiro atoms. The molecule has 0 aromatic carbocycles. The molecular weight excluding hydrogens is 396 g/mol. The minimum absolute atomic E-state index is 0.0217. The van der Waals surface area contributed by atoms with E-state index in [1.807, 2.05) is 0 Å². The van der Waals surface area contributed by atoms with Crippen LogP contribution in [0.25, 0.3) is 0 Å². The molecule has 0 saturated heterocycles. The average molecular weight is 414 g/mol. The van der Waals surface area contributed by atoms with Crippen molar-refractivity contribution in [1.29, 1.82) is 0 Å². The van der Waals surface area contributed by atoms with Gasteiger partial charge in [0.2, 0.25) is 15.8 Å². The number of ketones is 1. The summed E-state index contributed by atoms with van der Waals surface area (Å²) in [6, 6.07) is 1.08. The molecule has 0 aliphatic carbocycles. The van der Waals surface area contributed by atoms with Gasteiger partial charge in [0, 0.05) is 16.6 Å². The summed E-state index contributed by atoms with van der Waals surface area (Å²) >= 11 is 0.776. The third-order valence-electron chi connectivity index (χ3n) is 3.62. The molecule has 0 atom stereocenters. The van der Waals surface area contributed by atoms with Crippen LogP contribution >= 0.6 is 11.3 Å². The van der Waals surface area contributed by atoms with Gasteiger partial charge in [-0.05, 0) is 32.4 Å². The summed E-state index contributed by atoms with van der Waals surface area (Å²) in [6.07, 6.45) is 0. The first-order valence-electron chi connectivity index (χ1n) is 7.74. The van der Waals surface area contributed by atoms with Crippen LogP contribution in [0.15, 0.2) is 15.7 Å². The van der Waals surface area contributed by atoms with Gasteiger partial charge in [-0.15, -0.1) is 11.3 Å². The molecule has 0 aliphatic heterocycles. The van der Waals surface area contributed by atoms with Crippen LogP contribution in [0.4, 0.5) is 0 Å². The number of aromatic amines is 1. The van der Waals surface area contributed by atoms with Crippen LogP contribution in [-0.4, -0.2) is 44.3 Å². The minimum atomic E-state index is -3.92. The van der Waals surface area contributed by atoms with E-state index in [1.54, 1.807) is 20.8 Å². The van der Waals surface area contributed by atoms with Crippen molar-refractivity contribution in [3.8, 4) is 0 Å². The number of carbonyl (C=O) groups excluding carboxylic acids is 3. The van der Waals surface area contributed by atoms with Gasteiger partial charge in [-0.1, -0.05) is 0 Å². The van der Waals surface area contributed by atoms with E-state index in [1.165, 1.54) is 5.38 Å². The van der Waals surface area contributed by atoms with Crippen molar-refractivity contribution in [2.45, 2.75) is 25.0 Å². The Bertz CT molecular complexity index is 1000. The van der Waals surface area contributed by atoms with Gasteiger partial charge in [-0.3, -0.25) is 4.79 Å². The number of H-pyrrole nitrogens is 1. The maximum atomic E-state index is 12.4. The van der Waals surface area contributed by atoms with Crippen LogP contribution in [0, 0.1) is 13.8 Å². The van der Waals surface area contributed by atoms with E-state index in [0.29, 0.717) is 11.3 Å². The topological polar surface area (TPSA) is 146 Å². The maximum absolute atomic E-state index is 12.4. The zero-order chi connectivity index (χ0) is 20.4. The second-order valence-electron chi connectivity index (χ2n) is 5.54. The molecule has 0 amide bonds. The van der Waals surface area contributed by atoms with Crippen molar-refractivity contribution < 1.29 is 32.3 Å². The number of primary sulfonamides is 1. The highest BCUT2D eigenvalue weighted by atomic mass is 32.2. The highest BCUT2D eigenvalue weighted by Gasteiger charge is 2.24. The quantitative estimate of drug-likeness (QED) is 0.516. The highest BCUT2D eigenvalue weighted by molar-refractivity contribution is 7.91. The number of thiophene rings is 1. The lowest BCUT2D eigenvalue weighted by molar-refractivity contribution is 0.0473. The fourth-order valence-corrected chi connectivity index (χ4v) is 4.01. The van der Waals surface area contributed by atoms with Gasteiger partial charge in [0.15, 0.2) is 6.61 Å². The fraction of sp³-hybridized carbons (Fsp3) is 0.312. The Balaban J connectivity index is 2.11. The van der Waals surface area contributed by atoms with Crippen LogP contribution in [0.1, 0.15) is 49.4 Å². The third-order valence-corrected chi connectivity index (χ3v) is 6.01. The first-order chi connectivity index (χ1) is 12.6. The molecule has 11 heteroatoms. The number of aryl methyl sites for hydroxylation is 1. The molecule has 2 rings (SSSR count). The molecule has 146 valence electrons. The number of esters is 2. The molecule has 2 aromatic rings. The molecule has 0 fully saturated rings. The molecule has 27 heavy (non-hydrogen) atoms. The van der Waals surface area contributed by atoms with Crippen molar-refractivity contribution in [2.24, 2.45) is 5.14 Å². The lowest BCUT2D eigenvalue weighted by Gasteiger charge is -2.04. The lowest BCUT2D eigenvalue weighted by Crippen LogP contribution is -2.15. The van der Waals surface area contributed by atoms with E-state index >= 15 is 0 Å². The Kier molecular flexibility index (Phi) is 6.19. The zero-order valence-electron chi connectivity index (χ0n) is 14.8. The number of hydrogen-bond donors (Lipinski definition) is 2. The Morgan fingerprint density at radius 3 is 2.41 bits per heavy atom. The van der Waals surface area contributed by atoms with Gasteiger partial charge in [0.1, 0.15) is 9.90 Å². The summed E-state index contributed by atoms with van der Waals surface area (Å²) in [7, 11) is -3.92. The highest BCUT2D eigenvalue weighted by Crippen LogP contribution is 2.21. The van der Waals surface area contributed by atoms with Crippen molar-refractivity contribution >= 4 is 39.1 Å². The summed E-state index contributed by atoms with van der Waals surface area (Å²) < 4.78 is 32.2. The summed E-state index contributed by atoms with van der Waals surface area (Å²) in [5.41, 5.74) is 1.23. The Morgan fingerprint density at radius 1 is 1.19 bits per heavy atom. The normalized spacial score (nSPS) is 11.3. The second-order valence-corrected chi connectivity index (χ2v) is 8.24. The van der Waals surface area contributed by atoms with E-state index < -0.39 is 34.4 Å². The minimum Gasteiger partial charge on any atom is -0.461 e. The first kappa shape index (κ1) is 20.8. The molecule has 3 N–H and O–H groups in total. The van der Waals surface area contributed by atoms with Crippen LogP contribution < -0.4 is 5.14 Å². The molecule has 0 unspecified atom stereocenters. The molecular formula is C16H18N2O7S2. The number of carbonyl (C=O) groups is 3. The molecule has 9 nitrogen and oxygen atoms in total. The van der Waals surface area contributed by atoms with E-state index in [2.05, 4.69) is 4.98 Å². The predicted molar refractivity (Wildman–Crippen MR) is 96.5 cm³/mol. The number of aromatic nitrogens is 1. The number of nitrogens with two attached hydrogens (primary N) is 1. The zero-order valence-corrected chi connectivity index (χ0v) is 16.5. The lowest BCUT2D eigenvalue weighted by atomic mass is 10.1. The van der Waals surface area contributed by atoms with E-state index in [9.17, 15) is 22.8 Å². The third kappa shape index (κ3) is 4.62. The standard InChI is InChI=1S/C16H18N2O7S2/c1-4-24-16(21)14-8(2)13(9(3)18-14)11(19)6-25-15(20)10-5-12(26-7-10)27(17,22)23/h5,7,18H,4,6H2,1-3H3,(H2,17,22,23). The molecule has 0 saturated carbocycles. The number of Topliss-reactive ketones (excluding diaryl/α,β-unsaturated/α-hetero) is 1. The van der Waals surface area contributed by atoms with Crippen molar-refractivity contribution in [2.75, 3.05) is 13.2 Å². The Hall–Kier alpha value is -2.50. The number of hydrogen-bond acceptors (Lipinski definition) is 8. The SMILES string of the molecule is CCOC(=O)c1[nH]c(C)c(C(=O)COC(=O)c2csc(S(N)(=O)=O)c2)c1C.